The topological polar surface area (TPSA) is 105 Å². The van der Waals surface area contributed by atoms with Crippen molar-refractivity contribution in [3.05, 3.63) is 48.5 Å². The molecule has 2 saturated heterocycles. The highest BCUT2D eigenvalue weighted by atomic mass is 32.2. The van der Waals surface area contributed by atoms with E-state index < -0.39 is 16.1 Å². The minimum absolute atomic E-state index is 0.0240. The van der Waals surface area contributed by atoms with Crippen molar-refractivity contribution in [3.63, 3.8) is 0 Å². The molecule has 2 fully saturated rings. The molecular weight excluding hydrogens is 422 g/mol. The van der Waals surface area contributed by atoms with Crippen molar-refractivity contribution in [2.45, 2.75) is 17.4 Å². The number of anilines is 2. The summed E-state index contributed by atoms with van der Waals surface area (Å²) in [5, 5.41) is 0. The number of nitrogens with one attached hydrogen (secondary N) is 1. The summed E-state index contributed by atoms with van der Waals surface area (Å²) in [5.41, 5.74) is 0.747. The fourth-order valence-corrected chi connectivity index (χ4v) is 4.77. The van der Waals surface area contributed by atoms with Crippen LogP contribution in [0.25, 0.3) is 0 Å². The van der Waals surface area contributed by atoms with Crippen LogP contribution in [0.5, 0.6) is 5.75 Å². The Bertz CT molecular complexity index is 1060. The minimum Gasteiger partial charge on any atom is -0.497 e. The molecule has 1 unspecified atom stereocenters. The maximum absolute atomic E-state index is 12.9. The van der Waals surface area contributed by atoms with E-state index in [1.54, 1.807) is 24.3 Å². The van der Waals surface area contributed by atoms with Crippen LogP contribution in [0.15, 0.2) is 53.4 Å². The number of carbonyl (C=O) groups is 2. The molecule has 0 saturated carbocycles. The van der Waals surface area contributed by atoms with Gasteiger partial charge < -0.3 is 9.47 Å². The van der Waals surface area contributed by atoms with Gasteiger partial charge in [0.05, 0.1) is 43.4 Å². The molecule has 2 aromatic carbocycles. The molecule has 0 spiro atoms. The SMILES string of the molecule is COc1ccc(NS(=O)(=O)c2ccc(N3C(=O)CC(N4CCOCC4)C3=O)cc2)cc1. The van der Waals surface area contributed by atoms with E-state index >= 15 is 0 Å². The summed E-state index contributed by atoms with van der Waals surface area (Å²) >= 11 is 0. The van der Waals surface area contributed by atoms with Crippen LogP contribution in [0.4, 0.5) is 11.4 Å². The Labute approximate surface area is 180 Å². The Morgan fingerprint density at radius 2 is 1.65 bits per heavy atom. The standard InChI is InChI=1S/C21H23N3O6S/c1-29-17-6-2-15(3-7-17)22-31(27,28)18-8-4-16(5-9-18)24-20(25)14-19(21(24)26)23-10-12-30-13-11-23/h2-9,19,22H,10-14H2,1H3. The van der Waals surface area contributed by atoms with Gasteiger partial charge in [0.1, 0.15) is 5.75 Å². The second-order valence-corrected chi connectivity index (χ2v) is 8.95. The monoisotopic (exact) mass is 445 g/mol. The molecule has 10 heteroatoms. The summed E-state index contributed by atoms with van der Waals surface area (Å²) in [5.74, 6) is 0.0231. The number of hydrogen-bond acceptors (Lipinski definition) is 7. The molecule has 1 atom stereocenters. The van der Waals surface area contributed by atoms with Gasteiger partial charge in [-0.1, -0.05) is 0 Å². The van der Waals surface area contributed by atoms with Crippen LogP contribution in [0.3, 0.4) is 0 Å². The first kappa shape index (κ1) is 21.3. The number of methoxy groups -OCH3 is 1. The second kappa shape index (κ2) is 8.66. The predicted octanol–water partition coefficient (Wildman–Crippen LogP) is 1.46. The normalized spacial score (nSPS) is 20.2. The van der Waals surface area contributed by atoms with Crippen LogP contribution in [0.2, 0.25) is 0 Å². The van der Waals surface area contributed by atoms with Gasteiger partial charge in [0.25, 0.3) is 15.9 Å². The lowest BCUT2D eigenvalue weighted by molar-refractivity contribution is -0.123. The highest BCUT2D eigenvalue weighted by Crippen LogP contribution is 2.28. The number of hydrogen-bond donors (Lipinski definition) is 1. The van der Waals surface area contributed by atoms with E-state index in [1.165, 1.54) is 31.4 Å². The number of nitrogens with zero attached hydrogens (tertiary/aromatic N) is 2. The summed E-state index contributed by atoms with van der Waals surface area (Å²) in [6, 6.07) is 11.7. The Hall–Kier alpha value is -2.95. The smallest absolute Gasteiger partial charge is 0.261 e. The maximum atomic E-state index is 12.9. The molecule has 0 aliphatic carbocycles. The molecule has 1 N–H and O–H groups in total. The summed E-state index contributed by atoms with van der Waals surface area (Å²) in [7, 11) is -2.30. The molecule has 0 bridgehead atoms. The zero-order valence-electron chi connectivity index (χ0n) is 17.0. The third kappa shape index (κ3) is 4.41. The Balaban J connectivity index is 1.49. The minimum atomic E-state index is -3.83. The molecule has 2 aliphatic rings. The van der Waals surface area contributed by atoms with E-state index in [9.17, 15) is 18.0 Å². The molecule has 2 heterocycles. The summed E-state index contributed by atoms with van der Waals surface area (Å²) in [4.78, 5) is 28.5. The van der Waals surface area contributed by atoms with Crippen LogP contribution < -0.4 is 14.4 Å². The van der Waals surface area contributed by atoms with Crippen molar-refractivity contribution in [2.75, 3.05) is 43.0 Å². The quantitative estimate of drug-likeness (QED) is 0.671. The van der Waals surface area contributed by atoms with E-state index in [0.29, 0.717) is 43.4 Å². The number of ether oxygens (including phenoxy) is 2. The molecule has 0 aromatic heterocycles. The molecule has 2 aromatic rings. The molecule has 0 radical (unpaired) electrons. The average Bonchev–Trinajstić information content (AvgIpc) is 3.08. The van der Waals surface area contributed by atoms with Crippen molar-refractivity contribution in [1.29, 1.82) is 0 Å². The number of carbonyl (C=O) groups excluding carboxylic acids is 2. The lowest BCUT2D eigenvalue weighted by Gasteiger charge is -2.30. The van der Waals surface area contributed by atoms with Gasteiger partial charge in [-0.05, 0) is 48.5 Å². The van der Waals surface area contributed by atoms with Crippen molar-refractivity contribution in [3.8, 4) is 5.75 Å². The van der Waals surface area contributed by atoms with E-state index in [4.69, 9.17) is 9.47 Å². The number of sulfonamides is 1. The number of rotatable bonds is 6. The molecule has 164 valence electrons. The van der Waals surface area contributed by atoms with Gasteiger partial charge in [0.15, 0.2) is 0 Å². The molecule has 31 heavy (non-hydrogen) atoms. The largest absolute Gasteiger partial charge is 0.497 e. The number of benzene rings is 2. The van der Waals surface area contributed by atoms with Crippen LogP contribution in [0.1, 0.15) is 6.42 Å². The van der Waals surface area contributed by atoms with Gasteiger partial charge in [-0.25, -0.2) is 13.3 Å². The summed E-state index contributed by atoms with van der Waals surface area (Å²) < 4.78 is 38.2. The van der Waals surface area contributed by atoms with E-state index in [0.717, 1.165) is 4.90 Å². The van der Waals surface area contributed by atoms with Crippen molar-refractivity contribution in [1.82, 2.24) is 4.90 Å². The summed E-state index contributed by atoms with van der Waals surface area (Å²) in [6.07, 6.45) is 0.109. The third-order valence-electron chi connectivity index (χ3n) is 5.36. The maximum Gasteiger partial charge on any atom is 0.261 e. The third-order valence-corrected chi connectivity index (χ3v) is 6.75. The van der Waals surface area contributed by atoms with Crippen LogP contribution in [-0.2, 0) is 24.3 Å². The molecule has 4 rings (SSSR count). The molecule has 2 amide bonds. The van der Waals surface area contributed by atoms with Crippen LogP contribution in [0, 0.1) is 0 Å². The van der Waals surface area contributed by atoms with Gasteiger partial charge in [-0.3, -0.25) is 19.2 Å². The van der Waals surface area contributed by atoms with Crippen LogP contribution in [-0.4, -0.2) is 64.6 Å². The van der Waals surface area contributed by atoms with Gasteiger partial charge in [0, 0.05) is 18.8 Å². The van der Waals surface area contributed by atoms with Crippen molar-refractivity contribution in [2.24, 2.45) is 0 Å². The second-order valence-electron chi connectivity index (χ2n) is 7.26. The Kier molecular flexibility index (Phi) is 5.94. The van der Waals surface area contributed by atoms with Crippen LogP contribution >= 0.6 is 0 Å². The first-order valence-electron chi connectivity index (χ1n) is 9.84. The van der Waals surface area contributed by atoms with Gasteiger partial charge >= 0.3 is 0 Å². The lowest BCUT2D eigenvalue weighted by Crippen LogP contribution is -2.47. The average molecular weight is 445 g/mol. The molecular formula is C21H23N3O6S. The lowest BCUT2D eigenvalue weighted by atomic mass is 10.2. The number of morpholine rings is 1. The first-order chi connectivity index (χ1) is 14.9. The fraction of sp³-hybridized carbons (Fsp3) is 0.333. The van der Waals surface area contributed by atoms with Gasteiger partial charge in [-0.2, -0.15) is 0 Å². The Morgan fingerprint density at radius 3 is 2.26 bits per heavy atom. The Morgan fingerprint density at radius 1 is 1.00 bits per heavy atom. The first-order valence-corrected chi connectivity index (χ1v) is 11.3. The zero-order chi connectivity index (χ0) is 22.0. The van der Waals surface area contributed by atoms with Gasteiger partial charge in [-0.15, -0.1) is 0 Å². The molecule has 2 aliphatic heterocycles. The zero-order valence-corrected chi connectivity index (χ0v) is 17.8. The van der Waals surface area contributed by atoms with E-state index in [-0.39, 0.29) is 23.1 Å². The summed E-state index contributed by atoms with van der Waals surface area (Å²) in [6.45, 7) is 2.27. The molecule has 9 nitrogen and oxygen atoms in total. The number of amides is 2. The van der Waals surface area contributed by atoms with Crippen molar-refractivity contribution < 1.29 is 27.5 Å². The highest BCUT2D eigenvalue weighted by molar-refractivity contribution is 7.92. The highest BCUT2D eigenvalue weighted by Gasteiger charge is 2.43. The van der Waals surface area contributed by atoms with Crippen molar-refractivity contribution >= 4 is 33.2 Å². The van der Waals surface area contributed by atoms with Gasteiger partial charge in [0.2, 0.25) is 5.91 Å². The number of imide groups is 1. The fourth-order valence-electron chi connectivity index (χ4n) is 3.71. The van der Waals surface area contributed by atoms with E-state index in [1.807, 2.05) is 4.90 Å². The van der Waals surface area contributed by atoms with E-state index in [2.05, 4.69) is 4.72 Å². The predicted molar refractivity (Wildman–Crippen MR) is 114 cm³/mol.